The van der Waals surface area contributed by atoms with Crippen LogP contribution >= 0.6 is 0 Å². The molecule has 1 amide bonds. The van der Waals surface area contributed by atoms with Crippen molar-refractivity contribution in [2.75, 3.05) is 26.2 Å². The molecule has 3 aliphatic rings. The molecule has 1 N–H and O–H groups in total. The van der Waals surface area contributed by atoms with E-state index in [4.69, 9.17) is 9.47 Å². The molecule has 6 heteroatoms. The quantitative estimate of drug-likeness (QED) is 0.858. The van der Waals surface area contributed by atoms with Crippen LogP contribution in [-0.4, -0.2) is 54.9 Å². The zero-order valence-corrected chi connectivity index (χ0v) is 15.8. The van der Waals surface area contributed by atoms with Gasteiger partial charge >= 0.3 is 0 Å². The van der Waals surface area contributed by atoms with E-state index >= 15 is 0 Å². The van der Waals surface area contributed by atoms with Gasteiger partial charge in [-0.15, -0.1) is 0 Å². The number of piperidine rings is 1. The van der Waals surface area contributed by atoms with Crippen molar-refractivity contribution in [3.63, 3.8) is 0 Å². The van der Waals surface area contributed by atoms with E-state index in [0.717, 1.165) is 57.2 Å². The van der Waals surface area contributed by atoms with Crippen LogP contribution in [0.25, 0.3) is 0 Å². The van der Waals surface area contributed by atoms with Crippen molar-refractivity contribution in [3.8, 4) is 0 Å². The molecule has 1 aromatic rings. The van der Waals surface area contributed by atoms with Crippen LogP contribution in [0.4, 0.5) is 4.39 Å². The van der Waals surface area contributed by atoms with Crippen molar-refractivity contribution in [2.24, 2.45) is 0 Å². The van der Waals surface area contributed by atoms with E-state index in [9.17, 15) is 9.18 Å². The van der Waals surface area contributed by atoms with Gasteiger partial charge in [0.2, 0.25) is 5.91 Å². The molecule has 0 aromatic heterocycles. The molecule has 1 spiro atoms. The highest BCUT2D eigenvalue weighted by Gasteiger charge is 2.42. The average molecular weight is 376 g/mol. The van der Waals surface area contributed by atoms with Crippen molar-refractivity contribution in [2.45, 2.75) is 62.9 Å². The third-order valence-electron chi connectivity index (χ3n) is 6.18. The lowest BCUT2D eigenvalue weighted by molar-refractivity contribution is -0.131. The fourth-order valence-corrected chi connectivity index (χ4v) is 4.51. The molecule has 0 saturated carbocycles. The minimum atomic E-state index is -0.276. The Morgan fingerprint density at radius 3 is 2.78 bits per heavy atom. The number of benzene rings is 1. The van der Waals surface area contributed by atoms with Gasteiger partial charge in [-0.1, -0.05) is 18.2 Å². The maximum absolute atomic E-state index is 13.9. The lowest BCUT2D eigenvalue weighted by Gasteiger charge is -2.39. The van der Waals surface area contributed by atoms with Gasteiger partial charge in [0.1, 0.15) is 11.9 Å². The lowest BCUT2D eigenvalue weighted by atomic mass is 9.88. The minimum absolute atomic E-state index is 0.00300. The van der Waals surface area contributed by atoms with Crippen LogP contribution in [-0.2, 0) is 20.8 Å². The number of hydrogen-bond donors (Lipinski definition) is 1. The third kappa shape index (κ3) is 4.50. The number of ether oxygens (including phenoxy) is 2. The van der Waals surface area contributed by atoms with Crippen molar-refractivity contribution in [3.05, 3.63) is 35.6 Å². The molecule has 5 nitrogen and oxygen atoms in total. The lowest BCUT2D eigenvalue weighted by Crippen LogP contribution is -2.45. The van der Waals surface area contributed by atoms with Gasteiger partial charge in [0.05, 0.1) is 11.7 Å². The van der Waals surface area contributed by atoms with E-state index in [1.54, 1.807) is 6.07 Å². The van der Waals surface area contributed by atoms with Gasteiger partial charge in [0, 0.05) is 38.3 Å². The maximum atomic E-state index is 13.9. The molecule has 2 atom stereocenters. The molecule has 4 rings (SSSR count). The Hall–Kier alpha value is -1.50. The van der Waals surface area contributed by atoms with Crippen molar-refractivity contribution in [1.29, 1.82) is 0 Å². The first-order valence-corrected chi connectivity index (χ1v) is 10.2. The van der Waals surface area contributed by atoms with Gasteiger partial charge in [-0.3, -0.25) is 9.69 Å². The van der Waals surface area contributed by atoms with Crippen molar-refractivity contribution >= 4 is 5.91 Å². The zero-order valence-electron chi connectivity index (χ0n) is 15.8. The van der Waals surface area contributed by atoms with Gasteiger partial charge < -0.3 is 14.8 Å². The highest BCUT2D eigenvalue weighted by atomic mass is 19.1. The van der Waals surface area contributed by atoms with E-state index < -0.39 is 0 Å². The molecule has 0 aliphatic carbocycles. The largest absolute Gasteiger partial charge is 0.370 e. The van der Waals surface area contributed by atoms with E-state index in [1.165, 1.54) is 6.07 Å². The Bertz CT molecular complexity index is 655. The van der Waals surface area contributed by atoms with Crippen LogP contribution in [0.5, 0.6) is 0 Å². The first-order valence-electron chi connectivity index (χ1n) is 10.2. The number of amides is 1. The number of hydrogen-bond acceptors (Lipinski definition) is 4. The van der Waals surface area contributed by atoms with Gasteiger partial charge in [0.15, 0.2) is 0 Å². The molecule has 0 unspecified atom stereocenters. The molecule has 1 aromatic carbocycles. The monoisotopic (exact) mass is 376 g/mol. The van der Waals surface area contributed by atoms with Crippen LogP contribution < -0.4 is 5.32 Å². The number of carbonyl (C=O) groups excluding carboxylic acids is 1. The molecule has 0 radical (unpaired) electrons. The van der Waals surface area contributed by atoms with Gasteiger partial charge in [-0.2, -0.15) is 0 Å². The number of nitrogens with zero attached hydrogens (tertiary/aromatic N) is 1. The first-order chi connectivity index (χ1) is 13.1. The number of carbonyl (C=O) groups is 1. The van der Waals surface area contributed by atoms with Crippen molar-refractivity contribution in [1.82, 2.24) is 10.2 Å². The van der Waals surface area contributed by atoms with Crippen LogP contribution in [0.1, 0.15) is 44.1 Å². The second-order valence-electron chi connectivity index (χ2n) is 8.08. The third-order valence-corrected chi connectivity index (χ3v) is 6.18. The topological polar surface area (TPSA) is 50.8 Å². The Labute approximate surface area is 160 Å². The summed E-state index contributed by atoms with van der Waals surface area (Å²) in [7, 11) is 0. The molecule has 3 aliphatic heterocycles. The smallest absolute Gasteiger partial charge is 0.249 e. The molecule has 27 heavy (non-hydrogen) atoms. The van der Waals surface area contributed by atoms with E-state index in [0.29, 0.717) is 19.7 Å². The fraction of sp³-hybridized carbons (Fsp3) is 0.667. The zero-order chi connectivity index (χ0) is 18.7. The SMILES string of the molecule is O=C(NC[C@@H]1CCC2(CCN(Cc3ccccc3F)CC2)O1)[C@H]1CCCO1. The summed E-state index contributed by atoms with van der Waals surface area (Å²) in [5, 5.41) is 3.00. The van der Waals surface area contributed by atoms with Gasteiger partial charge in [-0.05, 0) is 44.6 Å². The Balaban J connectivity index is 1.22. The summed E-state index contributed by atoms with van der Waals surface area (Å²) < 4.78 is 25.7. The summed E-state index contributed by atoms with van der Waals surface area (Å²) in [5.74, 6) is -0.131. The van der Waals surface area contributed by atoms with Crippen LogP contribution in [0, 0.1) is 5.82 Å². The fourth-order valence-electron chi connectivity index (χ4n) is 4.51. The normalized spacial score (nSPS) is 27.9. The number of rotatable bonds is 5. The van der Waals surface area contributed by atoms with Crippen LogP contribution in [0.3, 0.4) is 0 Å². The number of halogens is 1. The van der Waals surface area contributed by atoms with Crippen LogP contribution in [0.15, 0.2) is 24.3 Å². The summed E-state index contributed by atoms with van der Waals surface area (Å²) >= 11 is 0. The second kappa shape index (κ2) is 8.25. The highest BCUT2D eigenvalue weighted by Crippen LogP contribution is 2.39. The molecular formula is C21H29FN2O3. The summed E-state index contributed by atoms with van der Waals surface area (Å²) in [5.41, 5.74) is 0.695. The summed E-state index contributed by atoms with van der Waals surface area (Å²) in [6.07, 6.45) is 5.56. The molecule has 3 fully saturated rings. The minimum Gasteiger partial charge on any atom is -0.370 e. The Morgan fingerprint density at radius 1 is 1.22 bits per heavy atom. The number of likely N-dealkylation sites (tertiary alicyclic amines) is 1. The van der Waals surface area contributed by atoms with E-state index in [2.05, 4.69) is 10.2 Å². The second-order valence-corrected chi connectivity index (χ2v) is 8.08. The molecule has 3 saturated heterocycles. The van der Waals surface area contributed by atoms with Crippen LogP contribution in [0.2, 0.25) is 0 Å². The predicted octanol–water partition coefficient (Wildman–Crippen LogP) is 2.63. The molecule has 0 bridgehead atoms. The van der Waals surface area contributed by atoms with E-state index in [-0.39, 0.29) is 29.5 Å². The molecule has 3 heterocycles. The molecule has 148 valence electrons. The first kappa shape index (κ1) is 18.8. The van der Waals surface area contributed by atoms with E-state index in [1.807, 2.05) is 12.1 Å². The molecular weight excluding hydrogens is 347 g/mol. The predicted molar refractivity (Wildman–Crippen MR) is 99.7 cm³/mol. The standard InChI is InChI=1S/C21H29FN2O3/c22-18-5-2-1-4-16(18)15-24-11-9-21(10-12-24)8-7-17(27-21)14-23-20(25)19-6-3-13-26-19/h1-2,4-5,17,19H,3,6-15H2,(H,23,25)/t17-,19+/m0/s1. The maximum Gasteiger partial charge on any atom is 0.249 e. The Morgan fingerprint density at radius 2 is 2.04 bits per heavy atom. The van der Waals surface area contributed by atoms with Gasteiger partial charge in [0.25, 0.3) is 0 Å². The average Bonchev–Trinajstić information content (AvgIpc) is 3.35. The summed E-state index contributed by atoms with van der Waals surface area (Å²) in [6.45, 7) is 3.75. The Kier molecular flexibility index (Phi) is 5.76. The van der Waals surface area contributed by atoms with Gasteiger partial charge in [-0.25, -0.2) is 4.39 Å². The highest BCUT2D eigenvalue weighted by molar-refractivity contribution is 5.80. The summed E-state index contributed by atoms with van der Waals surface area (Å²) in [4.78, 5) is 14.4. The number of nitrogens with one attached hydrogen (secondary N) is 1. The van der Waals surface area contributed by atoms with Crippen molar-refractivity contribution < 1.29 is 18.7 Å². The summed E-state index contributed by atoms with van der Waals surface area (Å²) in [6, 6.07) is 7.00.